The van der Waals surface area contributed by atoms with E-state index in [0.717, 1.165) is 73.7 Å². The van der Waals surface area contributed by atoms with Crippen molar-refractivity contribution in [1.29, 1.82) is 0 Å². The maximum Gasteiger partial charge on any atom is 0.416 e. The molecule has 7 aromatic rings. The Hall–Kier alpha value is -9.15. The van der Waals surface area contributed by atoms with Gasteiger partial charge in [-0.15, -0.1) is 0 Å². The minimum atomic E-state index is -4.85. The number of carboxylic acids is 1. The first kappa shape index (κ1) is 67.8. The number of carbonyl (C=O) groups is 4. The van der Waals surface area contributed by atoms with Gasteiger partial charge in [-0.3, -0.25) is 19.2 Å². The Morgan fingerprint density at radius 2 is 0.887 bits per heavy atom. The fraction of sp³-hybridized carbons (Fsp3) is 0.378. The second-order valence-electron chi connectivity index (χ2n) is 24.9. The molecule has 97 heavy (non-hydrogen) atoms. The highest BCUT2D eigenvalue weighted by Gasteiger charge is 2.43. The fourth-order valence-corrected chi connectivity index (χ4v) is 12.9. The van der Waals surface area contributed by atoms with E-state index in [0.29, 0.717) is 54.6 Å². The van der Waals surface area contributed by atoms with Crippen LogP contribution in [0.15, 0.2) is 139 Å². The molecule has 4 aliphatic rings. The summed E-state index contributed by atoms with van der Waals surface area (Å²) in [7, 11) is 0. The van der Waals surface area contributed by atoms with E-state index in [4.69, 9.17) is 17.0 Å². The second-order valence-corrected chi connectivity index (χ2v) is 24.9. The van der Waals surface area contributed by atoms with Crippen molar-refractivity contribution < 1.29 is 78.1 Å². The molecule has 11 rings (SSSR count). The zero-order valence-corrected chi connectivity index (χ0v) is 54.1. The highest BCUT2D eigenvalue weighted by molar-refractivity contribution is 5.98. The maximum atomic E-state index is 15.0. The number of nitrogens with two attached hydrogens (primary N) is 2. The van der Waals surface area contributed by atoms with Gasteiger partial charge in [-0.1, -0.05) is 92.4 Å². The molecule has 12 nitrogen and oxygen atoms in total. The Kier molecular flexibility index (Phi) is 22.2. The number of carbonyl (C=O) groups excluding carboxylic acids is 3. The number of likely N-dealkylation sites (tertiary alicyclic amines) is 2. The molecule has 518 valence electrons. The smallest absolute Gasteiger partial charge is 0.416 e. The third kappa shape index (κ3) is 18.9. The van der Waals surface area contributed by atoms with Crippen molar-refractivity contribution in [2.45, 2.75) is 154 Å². The Bertz CT molecular complexity index is 4090. The zero-order chi connectivity index (χ0) is 74.2. The van der Waals surface area contributed by atoms with Crippen molar-refractivity contribution in [3.8, 4) is 0 Å². The van der Waals surface area contributed by atoms with Crippen LogP contribution >= 0.6 is 0 Å². The van der Waals surface area contributed by atoms with E-state index in [9.17, 15) is 72.6 Å². The standard InChI is InChI=1S/C33H35F4N3O2.C25H29FN2O3.2C8H8F3N/c1-20-12-15-25(19-27(20)33(35,36)37)39-31(41)26-10-6-18-40(32(42)29-21(2)7-5-11-28(29)34)30(26)22-13-16-24(17-14-22)38-23-8-3-4-9-23;1-16-6-4-10-21(26)22(16)24(29)28-15-5-9-20(25(30)31)23(28)17-11-13-19(14-12-17)27-18-7-2-3-8-18;2*1-5-2-3-6(12)4-7(5)8(9,10)11/h5,7,11-17,19,23,26,30,38H,3-4,6,8-10,18H2,1-2H3,(H,39,41);4,6,10-14,18,20,23,27H,2-3,5,7-9,15H2,1H3,(H,30,31);2*2-4H,12H2,1H3/t26-,30-;20-,23-;;/m00../s1/i15D,19D;;3D,4D;. The van der Waals surface area contributed by atoms with Gasteiger partial charge in [0.1, 0.15) is 11.6 Å². The summed E-state index contributed by atoms with van der Waals surface area (Å²) < 4.78 is 175. The molecule has 0 bridgehead atoms. The van der Waals surface area contributed by atoms with Crippen molar-refractivity contribution in [2.75, 3.05) is 40.5 Å². The first-order valence-electron chi connectivity index (χ1n) is 33.9. The summed E-state index contributed by atoms with van der Waals surface area (Å²) in [6, 6.07) is 26.6. The molecular weight excluding hydrogens is 1280 g/mol. The Morgan fingerprint density at radius 1 is 0.474 bits per heavy atom. The lowest BCUT2D eigenvalue weighted by molar-refractivity contribution is -0.145. The Labute approximate surface area is 562 Å². The molecule has 0 aromatic heterocycles. The Balaban J connectivity index is 0.000000195. The average Bonchev–Trinajstić information content (AvgIpc) is 1.79. The second kappa shape index (κ2) is 31.8. The summed E-state index contributed by atoms with van der Waals surface area (Å²) in [5.74, 6) is -5.61. The number of alkyl halides is 9. The maximum absolute atomic E-state index is 15.0. The quantitative estimate of drug-likeness (QED) is 0.0542. The van der Waals surface area contributed by atoms with Gasteiger partial charge in [0, 0.05) is 53.6 Å². The van der Waals surface area contributed by atoms with Crippen LogP contribution < -0.4 is 27.4 Å². The Morgan fingerprint density at radius 3 is 1.31 bits per heavy atom. The summed E-state index contributed by atoms with van der Waals surface area (Å²) in [5, 5.41) is 19.3. The van der Waals surface area contributed by atoms with Crippen LogP contribution in [0.3, 0.4) is 0 Å². The van der Waals surface area contributed by atoms with E-state index < -0.39 is 124 Å². The summed E-state index contributed by atoms with van der Waals surface area (Å²) >= 11 is 0. The van der Waals surface area contributed by atoms with Gasteiger partial charge in [0.25, 0.3) is 11.8 Å². The molecule has 2 saturated heterocycles. The van der Waals surface area contributed by atoms with Gasteiger partial charge in [-0.05, 0) is 198 Å². The lowest BCUT2D eigenvalue weighted by Crippen LogP contribution is -2.46. The topological polar surface area (TPSA) is 183 Å². The van der Waals surface area contributed by atoms with Crippen molar-refractivity contribution in [3.63, 3.8) is 0 Å². The van der Waals surface area contributed by atoms with Crippen LogP contribution in [-0.4, -0.2) is 63.8 Å². The summed E-state index contributed by atoms with van der Waals surface area (Å²) in [5.41, 5.74) is 10.5. The van der Waals surface area contributed by atoms with Gasteiger partial charge in [0.2, 0.25) is 5.91 Å². The zero-order valence-electron chi connectivity index (χ0n) is 58.1. The summed E-state index contributed by atoms with van der Waals surface area (Å²) in [6.45, 7) is 7.75. The van der Waals surface area contributed by atoms with Crippen LogP contribution in [0.5, 0.6) is 0 Å². The van der Waals surface area contributed by atoms with Gasteiger partial charge >= 0.3 is 24.5 Å². The highest BCUT2D eigenvalue weighted by Crippen LogP contribution is 2.43. The van der Waals surface area contributed by atoms with Crippen LogP contribution in [0.1, 0.15) is 171 Å². The average molecular weight is 1360 g/mol. The number of aryl methyl sites for hydroxylation is 5. The van der Waals surface area contributed by atoms with Crippen LogP contribution in [0.25, 0.3) is 0 Å². The van der Waals surface area contributed by atoms with Gasteiger partial charge in [-0.25, -0.2) is 8.78 Å². The van der Waals surface area contributed by atoms with Crippen molar-refractivity contribution in [3.05, 3.63) is 218 Å². The number of benzene rings is 7. The number of hydrogen-bond donors (Lipinski definition) is 6. The monoisotopic (exact) mass is 1360 g/mol. The molecule has 0 spiro atoms. The van der Waals surface area contributed by atoms with Gasteiger partial charge in [0.15, 0.2) is 0 Å². The minimum Gasteiger partial charge on any atom is -0.481 e. The molecule has 8 N–H and O–H groups in total. The third-order valence-electron chi connectivity index (χ3n) is 17.8. The van der Waals surface area contributed by atoms with Gasteiger partial charge in [0.05, 0.1) is 57.2 Å². The predicted molar refractivity (Wildman–Crippen MR) is 354 cm³/mol. The van der Waals surface area contributed by atoms with Gasteiger partial charge < -0.3 is 42.3 Å². The van der Waals surface area contributed by atoms with Crippen LogP contribution in [0.4, 0.5) is 76.7 Å². The van der Waals surface area contributed by atoms with E-state index >= 15 is 0 Å². The highest BCUT2D eigenvalue weighted by atomic mass is 19.4. The molecule has 4 atom stereocenters. The normalized spacial score (nSPS) is 18.9. The molecule has 2 aliphatic carbocycles. The van der Waals surface area contributed by atoms with E-state index in [1.165, 1.54) is 68.8 Å². The van der Waals surface area contributed by atoms with Crippen LogP contribution in [0, 0.1) is 58.1 Å². The van der Waals surface area contributed by atoms with Crippen LogP contribution in [0.2, 0.25) is 0 Å². The van der Waals surface area contributed by atoms with E-state index in [-0.39, 0.29) is 52.5 Å². The molecular formula is C74H80F11N7O5. The fourth-order valence-electron chi connectivity index (χ4n) is 12.9. The molecule has 3 amide bonds. The number of nitrogens with zero attached hydrogens (tertiary/aromatic N) is 2. The number of rotatable bonds is 11. The number of anilines is 5. The molecule has 2 saturated carbocycles. The number of aliphatic carboxylic acids is 1. The van der Waals surface area contributed by atoms with Crippen LogP contribution in [-0.2, 0) is 28.1 Å². The molecule has 2 heterocycles. The van der Waals surface area contributed by atoms with Gasteiger partial charge in [-0.2, -0.15) is 39.5 Å². The lowest BCUT2D eigenvalue weighted by Gasteiger charge is -2.41. The van der Waals surface area contributed by atoms with Crippen molar-refractivity contribution in [2.24, 2.45) is 11.8 Å². The van der Waals surface area contributed by atoms with E-state index in [1.807, 2.05) is 48.5 Å². The van der Waals surface area contributed by atoms with E-state index in [2.05, 4.69) is 16.0 Å². The predicted octanol–water partition coefficient (Wildman–Crippen LogP) is 18.4. The number of carboxylic acid groups (broad SMARTS) is 1. The molecule has 2 aliphatic heterocycles. The summed E-state index contributed by atoms with van der Waals surface area (Å²) in [4.78, 5) is 56.2. The molecule has 7 aromatic carbocycles. The lowest BCUT2D eigenvalue weighted by atomic mass is 9.83. The number of amides is 3. The van der Waals surface area contributed by atoms with E-state index in [1.54, 1.807) is 36.9 Å². The number of hydrogen-bond acceptors (Lipinski definition) is 8. The number of nitrogens with one attached hydrogen (secondary N) is 3. The molecule has 0 unspecified atom stereocenters. The van der Waals surface area contributed by atoms with Crippen molar-refractivity contribution in [1.82, 2.24) is 9.80 Å². The largest absolute Gasteiger partial charge is 0.481 e. The molecule has 0 radical (unpaired) electrons. The number of halogens is 11. The SMILES string of the molecule is Cc1ccc(N)cc1C(F)(F)F.Cc1cccc(F)c1C(=O)N1CCC[C@H](C(=O)O)[C@@H]1c1ccc(NC2CCCC2)cc1.[2H]c1cc(C)c(C(F)(F)F)c([2H])c1N.[2H]c1cc(C)c(C(F)(F)F)c([2H])c1NC(=O)[C@H]1CCCN(C(=O)c2c(C)cccc2F)[C@H]1c1ccc(NC2CCCC2)cc1. The van der Waals surface area contributed by atoms with Crippen molar-refractivity contribution >= 4 is 52.1 Å². The summed E-state index contributed by atoms with van der Waals surface area (Å²) in [6.07, 6.45) is -2.74. The first-order chi connectivity index (χ1) is 47.5. The number of piperidine rings is 2. The first-order valence-corrected chi connectivity index (χ1v) is 31.9. The molecule has 4 fully saturated rings. The third-order valence-corrected chi connectivity index (χ3v) is 17.8. The minimum absolute atomic E-state index is 0.0260. The molecule has 23 heteroatoms. The number of nitrogen functional groups attached to an aromatic ring is 2.